The molecule has 1 heterocycles. The maximum absolute atomic E-state index is 5.98. The zero-order valence-corrected chi connectivity index (χ0v) is 15.4. The van der Waals surface area contributed by atoms with E-state index >= 15 is 0 Å². The molecule has 3 heteroatoms. The van der Waals surface area contributed by atoms with Crippen LogP contribution in [-0.4, -0.2) is 4.98 Å². The first-order valence-corrected chi connectivity index (χ1v) is 8.99. The van der Waals surface area contributed by atoms with Crippen LogP contribution in [0.4, 0.5) is 0 Å². The van der Waals surface area contributed by atoms with E-state index in [-0.39, 0.29) is 0 Å². The highest BCUT2D eigenvalue weighted by Gasteiger charge is 2.07. The van der Waals surface area contributed by atoms with Gasteiger partial charge in [0.05, 0.1) is 0 Å². The van der Waals surface area contributed by atoms with Gasteiger partial charge in [0.25, 0.3) is 0 Å². The third-order valence-corrected chi connectivity index (χ3v) is 3.89. The molecule has 0 atom stereocenters. The number of aromatic nitrogens is 1. The molecule has 0 N–H and O–H groups in total. The SMILES string of the molecule is C/C=C/C=C/c1ccc(OCc2ccccc2)nc1OCc1ccccc1. The number of benzene rings is 2. The van der Waals surface area contributed by atoms with Gasteiger partial charge in [-0.1, -0.05) is 78.9 Å². The fourth-order valence-electron chi connectivity index (χ4n) is 2.48. The number of hydrogen-bond donors (Lipinski definition) is 0. The molecule has 0 aliphatic rings. The van der Waals surface area contributed by atoms with Gasteiger partial charge in [0, 0.05) is 11.6 Å². The van der Waals surface area contributed by atoms with Crippen LogP contribution >= 0.6 is 0 Å². The monoisotopic (exact) mass is 357 g/mol. The summed E-state index contributed by atoms with van der Waals surface area (Å²) in [5.74, 6) is 1.11. The molecule has 0 fully saturated rings. The molecule has 0 saturated carbocycles. The van der Waals surface area contributed by atoms with Gasteiger partial charge in [-0.3, -0.25) is 0 Å². The summed E-state index contributed by atoms with van der Waals surface area (Å²) in [6.07, 6.45) is 7.90. The van der Waals surface area contributed by atoms with Gasteiger partial charge in [-0.15, -0.1) is 0 Å². The first-order valence-electron chi connectivity index (χ1n) is 8.99. The number of hydrogen-bond acceptors (Lipinski definition) is 3. The Morgan fingerprint density at radius 2 is 1.37 bits per heavy atom. The van der Waals surface area contributed by atoms with Crippen molar-refractivity contribution in [2.75, 3.05) is 0 Å². The summed E-state index contributed by atoms with van der Waals surface area (Å²) in [6, 6.07) is 23.9. The molecule has 0 aliphatic carbocycles. The summed E-state index contributed by atoms with van der Waals surface area (Å²) < 4.78 is 11.8. The molecule has 3 rings (SSSR count). The Labute approximate surface area is 160 Å². The Balaban J connectivity index is 1.75. The van der Waals surface area contributed by atoms with Crippen molar-refractivity contribution < 1.29 is 9.47 Å². The number of allylic oxidation sites excluding steroid dienone is 3. The Morgan fingerprint density at radius 3 is 2.00 bits per heavy atom. The Kier molecular flexibility index (Phi) is 6.82. The molecule has 27 heavy (non-hydrogen) atoms. The van der Waals surface area contributed by atoms with Crippen molar-refractivity contribution >= 4 is 6.08 Å². The topological polar surface area (TPSA) is 31.4 Å². The lowest BCUT2D eigenvalue weighted by Crippen LogP contribution is -2.02. The molecule has 0 unspecified atom stereocenters. The van der Waals surface area contributed by atoms with Crippen molar-refractivity contribution in [3.05, 3.63) is 108 Å². The van der Waals surface area contributed by atoms with Gasteiger partial charge in [0.15, 0.2) is 0 Å². The van der Waals surface area contributed by atoms with Crippen molar-refractivity contribution in [2.24, 2.45) is 0 Å². The number of ether oxygens (including phenoxy) is 2. The van der Waals surface area contributed by atoms with Gasteiger partial charge < -0.3 is 9.47 Å². The lowest BCUT2D eigenvalue weighted by molar-refractivity contribution is 0.267. The van der Waals surface area contributed by atoms with E-state index in [1.807, 2.05) is 104 Å². The predicted octanol–water partition coefficient (Wildman–Crippen LogP) is 5.83. The van der Waals surface area contributed by atoms with Gasteiger partial charge >= 0.3 is 0 Å². The Hall–Kier alpha value is -3.33. The lowest BCUT2D eigenvalue weighted by Gasteiger charge is -2.11. The predicted molar refractivity (Wildman–Crippen MR) is 110 cm³/mol. The van der Waals surface area contributed by atoms with Gasteiger partial charge in [-0.2, -0.15) is 4.98 Å². The summed E-state index contributed by atoms with van der Waals surface area (Å²) in [5, 5.41) is 0. The molecule has 0 radical (unpaired) electrons. The summed E-state index contributed by atoms with van der Waals surface area (Å²) in [5.41, 5.74) is 3.11. The van der Waals surface area contributed by atoms with E-state index in [4.69, 9.17) is 9.47 Å². The van der Waals surface area contributed by atoms with Crippen LogP contribution < -0.4 is 9.47 Å². The summed E-state index contributed by atoms with van der Waals surface area (Å²) >= 11 is 0. The Bertz CT molecular complexity index is 887. The summed E-state index contributed by atoms with van der Waals surface area (Å²) in [7, 11) is 0. The smallest absolute Gasteiger partial charge is 0.224 e. The van der Waals surface area contributed by atoms with E-state index in [2.05, 4.69) is 4.98 Å². The van der Waals surface area contributed by atoms with E-state index in [0.717, 1.165) is 16.7 Å². The first kappa shape index (κ1) is 18.5. The van der Waals surface area contributed by atoms with Gasteiger partial charge in [0.1, 0.15) is 13.2 Å². The minimum absolute atomic E-state index is 0.459. The zero-order valence-electron chi connectivity index (χ0n) is 15.4. The molecule has 0 saturated heterocycles. The molecule has 1 aromatic heterocycles. The maximum atomic E-state index is 5.98. The van der Waals surface area contributed by atoms with E-state index in [0.29, 0.717) is 25.0 Å². The average molecular weight is 357 g/mol. The molecule has 0 aliphatic heterocycles. The lowest BCUT2D eigenvalue weighted by atomic mass is 10.2. The van der Waals surface area contributed by atoms with Crippen LogP contribution in [0.3, 0.4) is 0 Å². The van der Waals surface area contributed by atoms with Gasteiger partial charge in [-0.05, 0) is 30.2 Å². The number of nitrogens with zero attached hydrogens (tertiary/aromatic N) is 1. The van der Waals surface area contributed by atoms with Crippen molar-refractivity contribution in [3.8, 4) is 11.8 Å². The van der Waals surface area contributed by atoms with Gasteiger partial charge in [-0.25, -0.2) is 0 Å². The van der Waals surface area contributed by atoms with E-state index in [9.17, 15) is 0 Å². The van der Waals surface area contributed by atoms with Crippen LogP contribution in [0.5, 0.6) is 11.8 Å². The second kappa shape index (κ2) is 9.97. The summed E-state index contributed by atoms with van der Waals surface area (Å²) in [6.45, 7) is 2.91. The van der Waals surface area contributed by atoms with E-state index in [1.165, 1.54) is 0 Å². The number of pyridine rings is 1. The van der Waals surface area contributed by atoms with Crippen LogP contribution in [0.2, 0.25) is 0 Å². The minimum atomic E-state index is 0.459. The second-order valence-corrected chi connectivity index (χ2v) is 5.98. The quantitative estimate of drug-likeness (QED) is 0.475. The Morgan fingerprint density at radius 1 is 0.741 bits per heavy atom. The normalized spacial score (nSPS) is 11.1. The highest BCUT2D eigenvalue weighted by molar-refractivity contribution is 5.57. The third-order valence-electron chi connectivity index (χ3n) is 3.89. The van der Waals surface area contributed by atoms with Crippen LogP contribution in [0.25, 0.3) is 6.08 Å². The van der Waals surface area contributed by atoms with Crippen molar-refractivity contribution in [1.29, 1.82) is 0 Å². The molecule has 3 nitrogen and oxygen atoms in total. The largest absolute Gasteiger partial charge is 0.473 e. The van der Waals surface area contributed by atoms with Crippen LogP contribution in [0, 0.1) is 0 Å². The van der Waals surface area contributed by atoms with Gasteiger partial charge in [0.2, 0.25) is 11.8 Å². The fraction of sp³-hybridized carbons (Fsp3) is 0.125. The van der Waals surface area contributed by atoms with Crippen molar-refractivity contribution in [2.45, 2.75) is 20.1 Å². The fourth-order valence-corrected chi connectivity index (χ4v) is 2.48. The third kappa shape index (κ3) is 5.86. The molecule has 0 spiro atoms. The maximum Gasteiger partial charge on any atom is 0.224 e. The second-order valence-electron chi connectivity index (χ2n) is 5.98. The highest BCUT2D eigenvalue weighted by atomic mass is 16.5. The highest BCUT2D eigenvalue weighted by Crippen LogP contribution is 2.23. The molecule has 136 valence electrons. The van der Waals surface area contributed by atoms with Crippen LogP contribution in [0.1, 0.15) is 23.6 Å². The summed E-state index contributed by atoms with van der Waals surface area (Å²) in [4.78, 5) is 4.56. The molecular formula is C24H23NO2. The van der Waals surface area contributed by atoms with Crippen molar-refractivity contribution in [3.63, 3.8) is 0 Å². The van der Waals surface area contributed by atoms with Crippen molar-refractivity contribution in [1.82, 2.24) is 4.98 Å². The average Bonchev–Trinajstić information content (AvgIpc) is 2.73. The number of rotatable bonds is 8. The minimum Gasteiger partial charge on any atom is -0.473 e. The van der Waals surface area contributed by atoms with E-state index in [1.54, 1.807) is 0 Å². The van der Waals surface area contributed by atoms with Crippen LogP contribution in [-0.2, 0) is 13.2 Å². The first-order chi connectivity index (χ1) is 13.3. The molecule has 2 aromatic carbocycles. The molecular weight excluding hydrogens is 334 g/mol. The zero-order chi connectivity index (χ0) is 18.7. The molecule has 0 amide bonds. The molecule has 3 aromatic rings. The standard InChI is InChI=1S/C24H23NO2/c1-2-3-6-15-22-16-17-23(26-18-20-11-7-4-8-12-20)25-24(22)27-19-21-13-9-5-10-14-21/h2-17H,18-19H2,1H3/b3-2+,15-6+. The van der Waals surface area contributed by atoms with Crippen LogP contribution in [0.15, 0.2) is 91.0 Å². The molecule has 0 bridgehead atoms. The van der Waals surface area contributed by atoms with E-state index < -0.39 is 0 Å².